The zero-order valence-electron chi connectivity index (χ0n) is 12.7. The Morgan fingerprint density at radius 1 is 1.12 bits per heavy atom. The van der Waals surface area contributed by atoms with Crippen LogP contribution in [0.3, 0.4) is 0 Å². The van der Waals surface area contributed by atoms with Crippen LogP contribution in [-0.2, 0) is 4.43 Å². The molecule has 0 unspecified atom stereocenters. The van der Waals surface area contributed by atoms with Crippen LogP contribution in [0.2, 0.25) is 18.1 Å². The van der Waals surface area contributed by atoms with E-state index in [0.717, 1.165) is 12.8 Å². The minimum absolute atomic E-state index is 0.241. The van der Waals surface area contributed by atoms with Crippen LogP contribution in [0, 0.1) is 0 Å². The summed E-state index contributed by atoms with van der Waals surface area (Å²) in [6.45, 7) is 13.8. The van der Waals surface area contributed by atoms with Gasteiger partial charge in [-0.15, -0.1) is 0 Å². The van der Waals surface area contributed by atoms with Gasteiger partial charge in [-0.05, 0) is 31.0 Å². The van der Waals surface area contributed by atoms with Gasteiger partial charge in [-0.25, -0.2) is 0 Å². The number of unbranched alkanes of at least 4 members (excludes halogenated alkanes) is 2. The topological polar surface area (TPSA) is 29.5 Å². The summed E-state index contributed by atoms with van der Waals surface area (Å²) in [5.41, 5.74) is 0. The van der Waals surface area contributed by atoms with Crippen LogP contribution in [-0.4, -0.2) is 26.1 Å². The molecule has 0 aromatic rings. The molecular formula is C14H32O2Si. The van der Waals surface area contributed by atoms with Gasteiger partial charge in [0, 0.05) is 12.7 Å². The van der Waals surface area contributed by atoms with Crippen molar-refractivity contribution in [1.82, 2.24) is 0 Å². The van der Waals surface area contributed by atoms with E-state index in [9.17, 15) is 0 Å². The van der Waals surface area contributed by atoms with Crippen LogP contribution in [0.25, 0.3) is 0 Å². The molecule has 0 aliphatic carbocycles. The molecule has 17 heavy (non-hydrogen) atoms. The van der Waals surface area contributed by atoms with Crippen molar-refractivity contribution in [2.45, 2.75) is 84.0 Å². The second-order valence-corrected chi connectivity index (χ2v) is 11.3. The average molecular weight is 260 g/mol. The molecule has 0 aliphatic rings. The van der Waals surface area contributed by atoms with Crippen molar-refractivity contribution in [3.8, 4) is 0 Å². The van der Waals surface area contributed by atoms with E-state index >= 15 is 0 Å². The third-order valence-electron chi connectivity index (χ3n) is 3.85. The molecular weight excluding hydrogens is 228 g/mol. The summed E-state index contributed by atoms with van der Waals surface area (Å²) in [5, 5.41) is 9.38. The summed E-state index contributed by atoms with van der Waals surface area (Å²) in [6, 6.07) is 0. The quantitative estimate of drug-likeness (QED) is 0.519. The first-order valence-corrected chi connectivity index (χ1v) is 9.94. The molecule has 2 nitrogen and oxygen atoms in total. The van der Waals surface area contributed by atoms with Gasteiger partial charge in [0.05, 0.1) is 0 Å². The van der Waals surface area contributed by atoms with Crippen molar-refractivity contribution in [3.63, 3.8) is 0 Å². The molecule has 0 aliphatic heterocycles. The highest BCUT2D eigenvalue weighted by Crippen LogP contribution is 2.38. The van der Waals surface area contributed by atoms with Crippen LogP contribution in [0.4, 0.5) is 0 Å². The Morgan fingerprint density at radius 2 is 1.71 bits per heavy atom. The van der Waals surface area contributed by atoms with Crippen LogP contribution < -0.4 is 0 Å². The Hall–Kier alpha value is 0.137. The molecule has 0 heterocycles. The minimum Gasteiger partial charge on any atom is -0.414 e. The fourth-order valence-corrected chi connectivity index (χ4v) is 3.04. The summed E-state index contributed by atoms with van der Waals surface area (Å²) >= 11 is 0. The highest BCUT2D eigenvalue weighted by molar-refractivity contribution is 6.74. The third kappa shape index (κ3) is 6.58. The third-order valence-corrected chi connectivity index (χ3v) is 8.38. The second kappa shape index (κ2) is 7.55. The molecule has 0 fully saturated rings. The van der Waals surface area contributed by atoms with Gasteiger partial charge in [-0.2, -0.15) is 0 Å². The zero-order chi connectivity index (χ0) is 13.5. The van der Waals surface area contributed by atoms with Gasteiger partial charge in [0.25, 0.3) is 0 Å². The van der Waals surface area contributed by atoms with E-state index in [1.165, 1.54) is 19.3 Å². The Morgan fingerprint density at radius 3 is 2.12 bits per heavy atom. The summed E-state index contributed by atoms with van der Waals surface area (Å²) in [4.78, 5) is 0. The van der Waals surface area contributed by atoms with Crippen molar-refractivity contribution < 1.29 is 9.53 Å². The Bertz CT molecular complexity index is 197. The summed E-state index contributed by atoms with van der Waals surface area (Å²) in [5.74, 6) is 0. The fourth-order valence-electron chi connectivity index (χ4n) is 1.62. The minimum atomic E-state index is -1.68. The maximum Gasteiger partial charge on any atom is 0.192 e. The van der Waals surface area contributed by atoms with Gasteiger partial charge in [0.1, 0.15) is 0 Å². The van der Waals surface area contributed by atoms with Crippen LogP contribution in [0.1, 0.15) is 59.8 Å². The number of hydrogen-bond acceptors (Lipinski definition) is 2. The first-order valence-electron chi connectivity index (χ1n) is 7.03. The molecule has 104 valence electrons. The van der Waals surface area contributed by atoms with E-state index in [1.54, 1.807) is 0 Å². The highest BCUT2D eigenvalue weighted by Gasteiger charge is 2.38. The van der Waals surface area contributed by atoms with Gasteiger partial charge in [0.2, 0.25) is 0 Å². The second-order valence-electron chi connectivity index (χ2n) is 6.51. The fraction of sp³-hybridized carbons (Fsp3) is 1.00. The SMILES string of the molecule is CCCCC[C@@H](CCO)O[Si](C)(C)C(C)(C)C. The number of hydrogen-bond donors (Lipinski definition) is 1. The predicted octanol–water partition coefficient (Wildman–Crippen LogP) is 4.34. The molecule has 0 bridgehead atoms. The number of aliphatic hydroxyl groups is 1. The maximum absolute atomic E-state index is 9.13. The monoisotopic (exact) mass is 260 g/mol. The highest BCUT2D eigenvalue weighted by atomic mass is 28.4. The molecule has 1 N–H and O–H groups in total. The molecule has 3 heteroatoms. The molecule has 0 saturated carbocycles. The lowest BCUT2D eigenvalue weighted by Gasteiger charge is -2.39. The summed E-state index contributed by atoms with van der Waals surface area (Å²) in [6.07, 6.45) is 5.87. The van der Waals surface area contributed by atoms with Gasteiger partial charge in [-0.3, -0.25) is 0 Å². The molecule has 0 aromatic heterocycles. The molecule has 0 aromatic carbocycles. The van der Waals surface area contributed by atoms with Crippen molar-refractivity contribution in [2.75, 3.05) is 6.61 Å². The molecule has 0 rings (SSSR count). The molecule has 0 saturated heterocycles. The smallest absolute Gasteiger partial charge is 0.192 e. The predicted molar refractivity (Wildman–Crippen MR) is 77.9 cm³/mol. The van der Waals surface area contributed by atoms with Crippen LogP contribution in [0.15, 0.2) is 0 Å². The van der Waals surface area contributed by atoms with E-state index < -0.39 is 8.32 Å². The van der Waals surface area contributed by atoms with E-state index in [0.29, 0.717) is 0 Å². The van der Waals surface area contributed by atoms with Crippen LogP contribution >= 0.6 is 0 Å². The van der Waals surface area contributed by atoms with Gasteiger partial charge < -0.3 is 9.53 Å². The Kier molecular flexibility index (Phi) is 7.61. The van der Waals surface area contributed by atoms with E-state index in [4.69, 9.17) is 9.53 Å². The van der Waals surface area contributed by atoms with Crippen LogP contribution in [0.5, 0.6) is 0 Å². The van der Waals surface area contributed by atoms with Gasteiger partial charge in [-0.1, -0.05) is 47.0 Å². The van der Waals surface area contributed by atoms with E-state index in [-0.39, 0.29) is 17.7 Å². The van der Waals surface area contributed by atoms with Crippen molar-refractivity contribution in [2.24, 2.45) is 0 Å². The number of aliphatic hydroxyl groups excluding tert-OH is 1. The molecule has 0 amide bonds. The maximum atomic E-state index is 9.13. The normalized spacial score (nSPS) is 15.0. The molecule has 1 atom stereocenters. The Balaban J connectivity index is 4.32. The number of rotatable bonds is 8. The first kappa shape index (κ1) is 17.1. The Labute approximate surface area is 109 Å². The molecule has 0 radical (unpaired) electrons. The lowest BCUT2D eigenvalue weighted by atomic mass is 10.1. The van der Waals surface area contributed by atoms with Crippen molar-refractivity contribution in [3.05, 3.63) is 0 Å². The lowest BCUT2D eigenvalue weighted by Crippen LogP contribution is -2.44. The largest absolute Gasteiger partial charge is 0.414 e. The van der Waals surface area contributed by atoms with Crippen molar-refractivity contribution >= 4 is 8.32 Å². The van der Waals surface area contributed by atoms with Crippen molar-refractivity contribution in [1.29, 1.82) is 0 Å². The van der Waals surface area contributed by atoms with Gasteiger partial charge >= 0.3 is 0 Å². The zero-order valence-corrected chi connectivity index (χ0v) is 13.7. The lowest BCUT2D eigenvalue weighted by molar-refractivity contribution is 0.129. The first-order chi connectivity index (χ1) is 7.74. The standard InChI is InChI=1S/C14H32O2Si/c1-7-8-9-10-13(11-12-15)16-17(5,6)14(2,3)4/h13,15H,7-12H2,1-6H3/t13-/m0/s1. The van der Waals surface area contributed by atoms with E-state index in [1.807, 2.05) is 0 Å². The molecule has 0 spiro atoms. The summed E-state index contributed by atoms with van der Waals surface area (Å²) < 4.78 is 6.37. The van der Waals surface area contributed by atoms with Gasteiger partial charge in [0.15, 0.2) is 8.32 Å². The average Bonchev–Trinajstić information content (AvgIpc) is 2.16. The summed E-state index contributed by atoms with van der Waals surface area (Å²) in [7, 11) is -1.68. The van der Waals surface area contributed by atoms with E-state index in [2.05, 4.69) is 40.8 Å².